The summed E-state index contributed by atoms with van der Waals surface area (Å²) in [5, 5.41) is 4.02. The normalized spacial score (nSPS) is 16.1. The molecule has 0 N–H and O–H groups in total. The molecular weight excluding hydrogens is 326 g/mol. The summed E-state index contributed by atoms with van der Waals surface area (Å²) >= 11 is 0. The second-order valence-electron chi connectivity index (χ2n) is 6.96. The van der Waals surface area contributed by atoms with Crippen molar-refractivity contribution < 1.29 is 4.52 Å². The number of aromatic nitrogens is 4. The highest BCUT2D eigenvalue weighted by molar-refractivity contribution is 5.60. The fraction of sp³-hybridized carbons (Fsp3) is 0.400. The summed E-state index contributed by atoms with van der Waals surface area (Å²) in [6.07, 6.45) is 7.80. The fourth-order valence-electron chi connectivity index (χ4n) is 3.59. The number of pyridine rings is 1. The van der Waals surface area contributed by atoms with Crippen molar-refractivity contribution in [3.05, 3.63) is 59.6 Å². The van der Waals surface area contributed by atoms with Crippen molar-refractivity contribution in [2.24, 2.45) is 0 Å². The van der Waals surface area contributed by atoms with E-state index in [4.69, 9.17) is 9.51 Å². The maximum atomic E-state index is 5.47. The Bertz CT molecular complexity index is 869. The molecule has 0 aliphatic carbocycles. The van der Waals surface area contributed by atoms with Crippen molar-refractivity contribution in [3.63, 3.8) is 0 Å². The van der Waals surface area contributed by atoms with Crippen LogP contribution in [0.5, 0.6) is 0 Å². The monoisotopic (exact) mass is 349 g/mol. The van der Waals surface area contributed by atoms with Gasteiger partial charge < -0.3 is 4.52 Å². The minimum atomic E-state index is 0.419. The van der Waals surface area contributed by atoms with Gasteiger partial charge in [-0.2, -0.15) is 0 Å². The van der Waals surface area contributed by atoms with E-state index in [0.717, 1.165) is 61.0 Å². The van der Waals surface area contributed by atoms with E-state index >= 15 is 0 Å². The Hall–Kier alpha value is -2.60. The lowest BCUT2D eigenvalue weighted by Gasteiger charge is -2.32. The highest BCUT2D eigenvalue weighted by atomic mass is 16.5. The average Bonchev–Trinajstić information content (AvgIpc) is 3.09. The van der Waals surface area contributed by atoms with Gasteiger partial charge in [-0.05, 0) is 51.4 Å². The van der Waals surface area contributed by atoms with E-state index in [1.807, 2.05) is 44.6 Å². The Morgan fingerprint density at radius 2 is 2.04 bits per heavy atom. The second-order valence-corrected chi connectivity index (χ2v) is 6.96. The molecule has 3 aromatic heterocycles. The topological polar surface area (TPSA) is 67.9 Å². The number of hydrogen-bond donors (Lipinski definition) is 0. The molecule has 0 radical (unpaired) electrons. The van der Waals surface area contributed by atoms with Crippen LogP contribution in [0.1, 0.15) is 41.5 Å². The van der Waals surface area contributed by atoms with Crippen LogP contribution in [0, 0.1) is 13.8 Å². The second kappa shape index (κ2) is 7.33. The lowest BCUT2D eigenvalue weighted by molar-refractivity contribution is 0.203. The summed E-state index contributed by atoms with van der Waals surface area (Å²) < 4.78 is 5.47. The molecule has 1 aliphatic heterocycles. The van der Waals surface area contributed by atoms with Crippen molar-refractivity contribution in [3.8, 4) is 11.3 Å². The molecule has 0 atom stereocenters. The molecule has 1 aliphatic rings. The number of aryl methyl sites for hydroxylation is 2. The predicted octanol–water partition coefficient (Wildman–Crippen LogP) is 3.52. The zero-order chi connectivity index (χ0) is 17.9. The van der Waals surface area contributed by atoms with E-state index in [1.54, 1.807) is 0 Å². The summed E-state index contributed by atoms with van der Waals surface area (Å²) in [5.41, 5.74) is 4.20. The molecule has 1 saturated heterocycles. The number of nitrogens with zero attached hydrogens (tertiary/aromatic N) is 5. The van der Waals surface area contributed by atoms with Crippen LogP contribution in [-0.2, 0) is 6.54 Å². The molecule has 3 aromatic rings. The largest absolute Gasteiger partial charge is 0.356 e. The zero-order valence-corrected chi connectivity index (χ0v) is 15.2. The summed E-state index contributed by atoms with van der Waals surface area (Å²) in [6, 6.07) is 6.09. The SMILES string of the molecule is Cc1cc(-c2cnc(C)nc2C2CCN(Cc3cccnc3)CC2)on1. The van der Waals surface area contributed by atoms with Crippen LogP contribution in [-0.4, -0.2) is 38.1 Å². The van der Waals surface area contributed by atoms with Crippen LogP contribution in [0.4, 0.5) is 0 Å². The van der Waals surface area contributed by atoms with Crippen LogP contribution in [0.2, 0.25) is 0 Å². The molecule has 4 heterocycles. The summed E-state index contributed by atoms with van der Waals surface area (Å²) in [6.45, 7) is 6.93. The summed E-state index contributed by atoms with van der Waals surface area (Å²) in [4.78, 5) is 15.8. The van der Waals surface area contributed by atoms with Gasteiger partial charge in [0.05, 0.1) is 17.0 Å². The molecule has 0 saturated carbocycles. The molecule has 0 bridgehead atoms. The average molecular weight is 349 g/mol. The third kappa shape index (κ3) is 3.65. The van der Waals surface area contributed by atoms with E-state index < -0.39 is 0 Å². The Morgan fingerprint density at radius 3 is 2.73 bits per heavy atom. The molecule has 0 amide bonds. The first-order chi connectivity index (χ1) is 12.7. The van der Waals surface area contributed by atoms with Crippen LogP contribution in [0.25, 0.3) is 11.3 Å². The minimum Gasteiger partial charge on any atom is -0.356 e. The number of hydrogen-bond acceptors (Lipinski definition) is 6. The van der Waals surface area contributed by atoms with Gasteiger partial charge in [0.15, 0.2) is 5.76 Å². The van der Waals surface area contributed by atoms with Crippen molar-refractivity contribution in [2.45, 2.75) is 39.2 Å². The molecule has 4 rings (SSSR count). The van der Waals surface area contributed by atoms with Gasteiger partial charge in [-0.1, -0.05) is 11.2 Å². The minimum absolute atomic E-state index is 0.419. The third-order valence-electron chi connectivity index (χ3n) is 4.94. The molecule has 6 nitrogen and oxygen atoms in total. The molecule has 1 fully saturated rings. The van der Waals surface area contributed by atoms with Crippen molar-refractivity contribution in [1.29, 1.82) is 0 Å². The smallest absolute Gasteiger partial charge is 0.170 e. The highest BCUT2D eigenvalue weighted by Crippen LogP contribution is 2.34. The van der Waals surface area contributed by atoms with E-state index in [2.05, 4.69) is 26.1 Å². The Balaban J connectivity index is 1.50. The summed E-state index contributed by atoms with van der Waals surface area (Å²) in [7, 11) is 0. The number of likely N-dealkylation sites (tertiary alicyclic amines) is 1. The number of rotatable bonds is 4. The zero-order valence-electron chi connectivity index (χ0n) is 15.2. The first-order valence-corrected chi connectivity index (χ1v) is 9.07. The van der Waals surface area contributed by atoms with Gasteiger partial charge >= 0.3 is 0 Å². The molecule has 6 heteroatoms. The third-order valence-corrected chi connectivity index (χ3v) is 4.94. The highest BCUT2D eigenvalue weighted by Gasteiger charge is 2.26. The predicted molar refractivity (Wildman–Crippen MR) is 98.5 cm³/mol. The first-order valence-electron chi connectivity index (χ1n) is 9.07. The maximum absolute atomic E-state index is 5.47. The maximum Gasteiger partial charge on any atom is 0.170 e. The van der Waals surface area contributed by atoms with Crippen LogP contribution >= 0.6 is 0 Å². The molecule has 26 heavy (non-hydrogen) atoms. The van der Waals surface area contributed by atoms with Crippen LogP contribution in [0.15, 0.2) is 41.3 Å². The van der Waals surface area contributed by atoms with Crippen molar-refractivity contribution in [1.82, 2.24) is 25.0 Å². The van der Waals surface area contributed by atoms with E-state index in [9.17, 15) is 0 Å². The standard InChI is InChI=1S/C20H23N5O/c1-14-10-19(26-24-14)18-12-22-15(2)23-20(18)17-5-8-25(9-6-17)13-16-4-3-7-21-11-16/h3-4,7,10-12,17H,5-6,8-9,13H2,1-2H3. The van der Waals surface area contributed by atoms with Gasteiger partial charge in [0, 0.05) is 37.1 Å². The van der Waals surface area contributed by atoms with Gasteiger partial charge in [0.25, 0.3) is 0 Å². The Labute approximate surface area is 153 Å². The van der Waals surface area contributed by atoms with Gasteiger partial charge in [0.2, 0.25) is 0 Å². The van der Waals surface area contributed by atoms with Gasteiger partial charge in [0.1, 0.15) is 5.82 Å². The quantitative estimate of drug-likeness (QED) is 0.718. The Kier molecular flexibility index (Phi) is 4.75. The molecule has 0 spiro atoms. The summed E-state index contributed by atoms with van der Waals surface area (Å²) in [5.74, 6) is 1.98. The van der Waals surface area contributed by atoms with Crippen LogP contribution < -0.4 is 0 Å². The van der Waals surface area contributed by atoms with E-state index in [0.29, 0.717) is 5.92 Å². The van der Waals surface area contributed by atoms with E-state index in [1.165, 1.54) is 5.56 Å². The van der Waals surface area contributed by atoms with Crippen molar-refractivity contribution >= 4 is 0 Å². The Morgan fingerprint density at radius 1 is 1.19 bits per heavy atom. The molecular formula is C20H23N5O. The molecule has 0 unspecified atom stereocenters. The lowest BCUT2D eigenvalue weighted by atomic mass is 9.90. The van der Waals surface area contributed by atoms with Crippen molar-refractivity contribution in [2.75, 3.05) is 13.1 Å². The number of piperidine rings is 1. The fourth-order valence-corrected chi connectivity index (χ4v) is 3.59. The van der Waals surface area contributed by atoms with E-state index in [-0.39, 0.29) is 0 Å². The van der Waals surface area contributed by atoms with Gasteiger partial charge in [-0.25, -0.2) is 9.97 Å². The molecule has 0 aromatic carbocycles. The van der Waals surface area contributed by atoms with Gasteiger partial charge in [-0.3, -0.25) is 9.88 Å². The molecule has 134 valence electrons. The first kappa shape index (κ1) is 16.8. The van der Waals surface area contributed by atoms with Crippen LogP contribution in [0.3, 0.4) is 0 Å². The van der Waals surface area contributed by atoms with Gasteiger partial charge in [-0.15, -0.1) is 0 Å². The lowest BCUT2D eigenvalue weighted by Crippen LogP contribution is -2.33.